The lowest BCUT2D eigenvalue weighted by Crippen LogP contribution is -2.45. The number of benzene rings is 1. The highest BCUT2D eigenvalue weighted by Crippen LogP contribution is 2.36. The van der Waals surface area contributed by atoms with Crippen LogP contribution in [0.5, 0.6) is 0 Å². The topological polar surface area (TPSA) is 52.9 Å². The number of nitrogens with zero attached hydrogens (tertiary/aromatic N) is 1. The summed E-state index contributed by atoms with van der Waals surface area (Å²) in [7, 11) is 0. The Bertz CT molecular complexity index is 615. The third-order valence-electron chi connectivity index (χ3n) is 4.51. The van der Waals surface area contributed by atoms with Crippen LogP contribution in [0.15, 0.2) is 12.1 Å². The Balaban J connectivity index is 1.81. The van der Waals surface area contributed by atoms with Crippen LogP contribution in [0.4, 0.5) is 4.39 Å². The Labute approximate surface area is 138 Å². The molecule has 4 nitrogen and oxygen atoms in total. The summed E-state index contributed by atoms with van der Waals surface area (Å²) in [5.74, 6) is -0.366. The fraction of sp³-hybridized carbons (Fsp3) is 0.533. The minimum absolute atomic E-state index is 0.187. The van der Waals surface area contributed by atoms with Gasteiger partial charge in [0.15, 0.2) is 0 Å². The summed E-state index contributed by atoms with van der Waals surface area (Å²) in [5.41, 5.74) is 0.856. The predicted octanol–water partition coefficient (Wildman–Crippen LogP) is 2.38. The van der Waals surface area contributed by atoms with Crippen LogP contribution in [0.1, 0.15) is 17.5 Å². The van der Waals surface area contributed by atoms with E-state index in [9.17, 15) is 14.6 Å². The standard InChI is InChI=1S/C15H17ClFNO3S/c1-7-2-3-9(16)8(12(7)17)6-11-14(19)13-10(21-11)4-5-18(13)15(20)22/h2-3,10-11,13-14,19H,4-6H2,1H3,(H,20,22)/t10-,11?,13+,14+/m1/s1. The molecule has 0 aromatic heterocycles. The molecule has 0 aliphatic carbocycles. The highest BCUT2D eigenvalue weighted by atomic mass is 35.5. The van der Waals surface area contributed by atoms with Crippen molar-refractivity contribution < 1.29 is 19.3 Å². The van der Waals surface area contributed by atoms with Crippen molar-refractivity contribution in [1.82, 2.24) is 4.90 Å². The molecule has 0 radical (unpaired) electrons. The van der Waals surface area contributed by atoms with E-state index < -0.39 is 12.2 Å². The second kappa shape index (κ2) is 5.92. The minimum atomic E-state index is -0.853. The van der Waals surface area contributed by atoms with Crippen molar-refractivity contribution in [2.75, 3.05) is 6.54 Å². The highest BCUT2D eigenvalue weighted by Gasteiger charge is 2.51. The molecule has 1 aromatic carbocycles. The molecule has 2 fully saturated rings. The van der Waals surface area contributed by atoms with Crippen molar-refractivity contribution in [1.29, 1.82) is 0 Å². The lowest BCUT2D eigenvalue weighted by Gasteiger charge is -2.26. The molecule has 2 aliphatic heterocycles. The summed E-state index contributed by atoms with van der Waals surface area (Å²) in [4.78, 5) is 1.57. The van der Waals surface area contributed by atoms with Crippen molar-refractivity contribution in [2.24, 2.45) is 0 Å². The largest absolute Gasteiger partial charge is 0.486 e. The highest BCUT2D eigenvalue weighted by molar-refractivity contribution is 7.79. The summed E-state index contributed by atoms with van der Waals surface area (Å²) >= 11 is 10.9. The van der Waals surface area contributed by atoms with Gasteiger partial charge in [-0.05, 0) is 37.2 Å². The van der Waals surface area contributed by atoms with Crippen LogP contribution in [-0.4, -0.2) is 51.2 Å². The summed E-state index contributed by atoms with van der Waals surface area (Å²) in [6.45, 7) is 2.22. The van der Waals surface area contributed by atoms with Gasteiger partial charge in [0.1, 0.15) is 11.9 Å². The number of aryl methyl sites for hydroxylation is 1. The van der Waals surface area contributed by atoms with Gasteiger partial charge in [-0.3, -0.25) is 0 Å². The summed E-state index contributed by atoms with van der Waals surface area (Å²) in [6, 6.07) is 2.88. The quantitative estimate of drug-likeness (QED) is 0.806. The summed E-state index contributed by atoms with van der Waals surface area (Å²) in [6.07, 6.45) is -0.776. The second-order valence-corrected chi connectivity index (χ2v) is 6.59. The first kappa shape index (κ1) is 15.9. The van der Waals surface area contributed by atoms with E-state index in [2.05, 4.69) is 0 Å². The van der Waals surface area contributed by atoms with Crippen LogP contribution in [0.25, 0.3) is 0 Å². The number of aliphatic hydroxyl groups excluding tert-OH is 2. The smallest absolute Gasteiger partial charge is 0.257 e. The van der Waals surface area contributed by atoms with E-state index in [0.717, 1.165) is 0 Å². The Morgan fingerprint density at radius 2 is 2.27 bits per heavy atom. The number of aliphatic hydroxyl groups is 2. The normalized spacial score (nSPS) is 30.6. The Kier molecular flexibility index (Phi) is 4.29. The fourth-order valence-electron chi connectivity index (χ4n) is 3.36. The van der Waals surface area contributed by atoms with Crippen LogP contribution in [-0.2, 0) is 11.2 Å². The van der Waals surface area contributed by atoms with E-state index in [0.29, 0.717) is 29.1 Å². The molecule has 3 rings (SSSR count). The third-order valence-corrected chi connectivity index (χ3v) is 5.09. The van der Waals surface area contributed by atoms with Gasteiger partial charge in [-0.25, -0.2) is 4.39 Å². The molecule has 1 unspecified atom stereocenters. The Morgan fingerprint density at radius 3 is 2.95 bits per heavy atom. The second-order valence-electron chi connectivity index (χ2n) is 5.82. The van der Waals surface area contributed by atoms with E-state index in [4.69, 9.17) is 28.6 Å². The first-order valence-corrected chi connectivity index (χ1v) is 7.95. The van der Waals surface area contributed by atoms with E-state index in [1.807, 2.05) is 0 Å². The lowest BCUT2D eigenvalue weighted by atomic mass is 9.98. The molecule has 4 atom stereocenters. The van der Waals surface area contributed by atoms with Crippen LogP contribution in [0.2, 0.25) is 5.02 Å². The van der Waals surface area contributed by atoms with E-state index in [1.165, 1.54) is 0 Å². The maximum Gasteiger partial charge on any atom is 0.257 e. The number of thiocarbonyl (C=S) groups is 1. The summed E-state index contributed by atoms with van der Waals surface area (Å²) < 4.78 is 20.1. The SMILES string of the molecule is Cc1ccc(Cl)c(CC2O[C@@H]3CCN(C(O)=S)[C@@H]3[C@H]2O)c1F. The zero-order valence-corrected chi connectivity index (χ0v) is 13.6. The van der Waals surface area contributed by atoms with Crippen LogP contribution < -0.4 is 0 Å². The van der Waals surface area contributed by atoms with E-state index in [1.54, 1.807) is 24.0 Å². The molecule has 1 aromatic rings. The van der Waals surface area contributed by atoms with Crippen molar-refractivity contribution >= 4 is 29.0 Å². The van der Waals surface area contributed by atoms with Crippen molar-refractivity contribution in [3.63, 3.8) is 0 Å². The van der Waals surface area contributed by atoms with E-state index >= 15 is 0 Å². The molecule has 7 heteroatoms. The van der Waals surface area contributed by atoms with Gasteiger partial charge in [-0.2, -0.15) is 0 Å². The average Bonchev–Trinajstić information content (AvgIpc) is 3.00. The fourth-order valence-corrected chi connectivity index (χ4v) is 3.80. The molecule has 2 N–H and O–H groups in total. The van der Waals surface area contributed by atoms with Crippen LogP contribution in [0.3, 0.4) is 0 Å². The van der Waals surface area contributed by atoms with E-state index in [-0.39, 0.29) is 29.6 Å². The monoisotopic (exact) mass is 345 g/mol. The van der Waals surface area contributed by atoms with Crippen molar-refractivity contribution in [3.05, 3.63) is 34.1 Å². The molecule has 120 valence electrons. The first-order chi connectivity index (χ1) is 10.4. The van der Waals surface area contributed by atoms with Gasteiger partial charge in [0.2, 0.25) is 0 Å². The van der Waals surface area contributed by atoms with Crippen molar-refractivity contribution in [2.45, 2.75) is 44.1 Å². The van der Waals surface area contributed by atoms with Gasteiger partial charge in [-0.15, -0.1) is 0 Å². The van der Waals surface area contributed by atoms with Crippen LogP contribution >= 0.6 is 23.8 Å². The Hall–Kier alpha value is -0.950. The predicted molar refractivity (Wildman–Crippen MR) is 84.9 cm³/mol. The Morgan fingerprint density at radius 1 is 1.55 bits per heavy atom. The minimum Gasteiger partial charge on any atom is -0.486 e. The molecule has 2 saturated heterocycles. The average molecular weight is 346 g/mol. The molecular weight excluding hydrogens is 329 g/mol. The maximum absolute atomic E-state index is 14.2. The molecule has 2 aliphatic rings. The number of fused-ring (bicyclic) bond motifs is 1. The van der Waals surface area contributed by atoms with Gasteiger partial charge in [0.25, 0.3) is 5.17 Å². The van der Waals surface area contributed by atoms with Gasteiger partial charge < -0.3 is 19.8 Å². The zero-order valence-electron chi connectivity index (χ0n) is 12.0. The number of rotatable bonds is 2. The number of halogens is 2. The van der Waals surface area contributed by atoms with Gasteiger partial charge in [0.05, 0.1) is 18.2 Å². The molecule has 0 bridgehead atoms. The van der Waals surface area contributed by atoms with Gasteiger partial charge in [0, 0.05) is 23.6 Å². The maximum atomic E-state index is 14.2. The molecule has 0 spiro atoms. The van der Waals surface area contributed by atoms with Gasteiger partial charge >= 0.3 is 0 Å². The number of ether oxygens (including phenoxy) is 1. The molecular formula is C15H17ClFNO3S. The first-order valence-electron chi connectivity index (χ1n) is 7.16. The summed E-state index contributed by atoms with van der Waals surface area (Å²) in [5, 5.41) is 20.1. The number of hydrogen-bond acceptors (Lipinski definition) is 3. The molecule has 0 saturated carbocycles. The third kappa shape index (κ3) is 2.58. The number of likely N-dealkylation sites (tertiary alicyclic amines) is 1. The molecule has 22 heavy (non-hydrogen) atoms. The number of hydrogen-bond donors (Lipinski definition) is 2. The van der Waals surface area contributed by atoms with Crippen LogP contribution in [0, 0.1) is 12.7 Å². The lowest BCUT2D eigenvalue weighted by molar-refractivity contribution is 0.00706. The zero-order chi connectivity index (χ0) is 16.0. The van der Waals surface area contributed by atoms with Crippen molar-refractivity contribution in [3.8, 4) is 0 Å². The van der Waals surface area contributed by atoms with Gasteiger partial charge in [-0.1, -0.05) is 17.7 Å². The molecule has 2 heterocycles. The molecule has 0 amide bonds.